The highest BCUT2D eigenvalue weighted by Gasteiger charge is 2.38. The Morgan fingerprint density at radius 3 is 2.58 bits per heavy atom. The van der Waals surface area contributed by atoms with Crippen LogP contribution >= 0.6 is 0 Å². The van der Waals surface area contributed by atoms with Crippen molar-refractivity contribution in [1.29, 1.82) is 0 Å². The predicted octanol–water partition coefficient (Wildman–Crippen LogP) is 0.0274. The SMILES string of the molecule is Cn1ccc(CN2CCC(C(=O)O)C(C(=O)O)C2)n1. The fourth-order valence-electron chi connectivity index (χ4n) is 2.49. The first-order valence-electron chi connectivity index (χ1n) is 6.14. The number of aryl methyl sites for hydroxylation is 1. The first-order chi connectivity index (χ1) is 8.97. The molecule has 0 aromatic carbocycles. The second-order valence-corrected chi connectivity index (χ2v) is 4.89. The molecular weight excluding hydrogens is 250 g/mol. The van der Waals surface area contributed by atoms with Crippen LogP contribution in [0.4, 0.5) is 0 Å². The van der Waals surface area contributed by atoms with Crippen molar-refractivity contribution in [3.8, 4) is 0 Å². The first kappa shape index (κ1) is 13.5. The minimum atomic E-state index is -1.04. The average Bonchev–Trinajstić information content (AvgIpc) is 2.74. The maximum Gasteiger partial charge on any atom is 0.308 e. The maximum absolute atomic E-state index is 11.2. The molecule has 1 aliphatic rings. The second-order valence-electron chi connectivity index (χ2n) is 4.89. The molecule has 2 rings (SSSR count). The van der Waals surface area contributed by atoms with Crippen molar-refractivity contribution < 1.29 is 19.8 Å². The number of hydrogen-bond donors (Lipinski definition) is 2. The molecule has 2 unspecified atom stereocenters. The molecule has 1 aromatic heterocycles. The van der Waals surface area contributed by atoms with Crippen LogP contribution in [0, 0.1) is 11.8 Å². The third kappa shape index (κ3) is 3.11. The summed E-state index contributed by atoms with van der Waals surface area (Å²) in [6.45, 7) is 1.39. The molecule has 7 nitrogen and oxygen atoms in total. The van der Waals surface area contributed by atoms with Gasteiger partial charge in [0.05, 0.1) is 17.5 Å². The van der Waals surface area contributed by atoms with Gasteiger partial charge in [-0.2, -0.15) is 5.10 Å². The van der Waals surface area contributed by atoms with E-state index in [0.717, 1.165) is 5.69 Å². The lowest BCUT2D eigenvalue weighted by atomic mass is 9.85. The number of rotatable bonds is 4. The number of hydrogen-bond acceptors (Lipinski definition) is 4. The molecule has 0 aliphatic carbocycles. The van der Waals surface area contributed by atoms with E-state index in [-0.39, 0.29) is 6.54 Å². The highest BCUT2D eigenvalue weighted by molar-refractivity contribution is 5.80. The molecule has 1 aliphatic heterocycles. The summed E-state index contributed by atoms with van der Waals surface area (Å²) < 4.78 is 1.69. The third-order valence-electron chi connectivity index (χ3n) is 3.49. The molecule has 0 bridgehead atoms. The number of nitrogens with zero attached hydrogens (tertiary/aromatic N) is 3. The summed E-state index contributed by atoms with van der Waals surface area (Å²) in [6.07, 6.45) is 2.19. The fraction of sp³-hybridized carbons (Fsp3) is 0.583. The molecule has 1 fully saturated rings. The molecular formula is C12H17N3O4. The standard InChI is InChI=1S/C12H17N3O4/c1-14-4-2-8(13-14)6-15-5-3-9(11(16)17)10(7-15)12(18)19/h2,4,9-10H,3,5-7H2,1H3,(H,16,17)(H,18,19). The Morgan fingerprint density at radius 1 is 1.37 bits per heavy atom. The van der Waals surface area contributed by atoms with E-state index in [1.807, 2.05) is 24.2 Å². The topological polar surface area (TPSA) is 95.7 Å². The normalized spacial score (nSPS) is 24.3. The van der Waals surface area contributed by atoms with Crippen LogP contribution < -0.4 is 0 Å². The highest BCUT2D eigenvalue weighted by Crippen LogP contribution is 2.25. The summed E-state index contributed by atoms with van der Waals surface area (Å²) in [7, 11) is 1.82. The summed E-state index contributed by atoms with van der Waals surface area (Å²) in [6, 6.07) is 1.87. The van der Waals surface area contributed by atoms with Gasteiger partial charge in [0.1, 0.15) is 0 Å². The van der Waals surface area contributed by atoms with E-state index in [0.29, 0.717) is 19.5 Å². The van der Waals surface area contributed by atoms with Crippen molar-refractivity contribution in [3.63, 3.8) is 0 Å². The molecule has 0 saturated carbocycles. The number of carboxylic acids is 2. The van der Waals surface area contributed by atoms with Crippen LogP contribution in [0.2, 0.25) is 0 Å². The van der Waals surface area contributed by atoms with Crippen molar-refractivity contribution in [2.75, 3.05) is 13.1 Å². The van der Waals surface area contributed by atoms with E-state index >= 15 is 0 Å². The number of carboxylic acid groups (broad SMARTS) is 2. The molecule has 7 heteroatoms. The Hall–Kier alpha value is -1.89. The molecule has 0 spiro atoms. The number of carbonyl (C=O) groups is 2. The van der Waals surface area contributed by atoms with Crippen molar-refractivity contribution in [2.45, 2.75) is 13.0 Å². The van der Waals surface area contributed by atoms with Gasteiger partial charge in [0, 0.05) is 26.3 Å². The molecule has 0 amide bonds. The van der Waals surface area contributed by atoms with E-state index in [2.05, 4.69) is 5.10 Å². The van der Waals surface area contributed by atoms with Gasteiger partial charge < -0.3 is 10.2 Å². The number of aromatic nitrogens is 2. The summed E-state index contributed by atoms with van der Waals surface area (Å²) in [5, 5.41) is 22.4. The Labute approximate surface area is 110 Å². The van der Waals surface area contributed by atoms with Gasteiger partial charge >= 0.3 is 11.9 Å². The predicted molar refractivity (Wildman–Crippen MR) is 65.4 cm³/mol. The van der Waals surface area contributed by atoms with Crippen LogP contribution in [0.1, 0.15) is 12.1 Å². The van der Waals surface area contributed by atoms with Gasteiger partial charge in [-0.3, -0.25) is 19.2 Å². The monoisotopic (exact) mass is 267 g/mol. The quantitative estimate of drug-likeness (QED) is 0.799. The van der Waals surface area contributed by atoms with Gasteiger partial charge in [-0.1, -0.05) is 0 Å². The van der Waals surface area contributed by atoms with E-state index in [4.69, 9.17) is 10.2 Å². The largest absolute Gasteiger partial charge is 0.481 e. The second kappa shape index (κ2) is 5.40. The Kier molecular flexibility index (Phi) is 3.84. The van der Waals surface area contributed by atoms with Crippen molar-refractivity contribution in [2.24, 2.45) is 18.9 Å². The van der Waals surface area contributed by atoms with Gasteiger partial charge in [-0.25, -0.2) is 0 Å². The molecule has 104 valence electrons. The van der Waals surface area contributed by atoms with Crippen molar-refractivity contribution >= 4 is 11.9 Å². The van der Waals surface area contributed by atoms with Gasteiger partial charge in [0.25, 0.3) is 0 Å². The Balaban J connectivity index is 2.02. The molecule has 1 aromatic rings. The Bertz CT molecular complexity index is 485. The summed E-state index contributed by atoms with van der Waals surface area (Å²) in [5.41, 5.74) is 0.861. The zero-order valence-electron chi connectivity index (χ0n) is 10.7. The zero-order chi connectivity index (χ0) is 14.0. The van der Waals surface area contributed by atoms with Crippen molar-refractivity contribution in [1.82, 2.24) is 14.7 Å². The van der Waals surface area contributed by atoms with Gasteiger partial charge in [-0.05, 0) is 19.0 Å². The third-order valence-corrected chi connectivity index (χ3v) is 3.49. The lowest BCUT2D eigenvalue weighted by Crippen LogP contribution is -2.46. The number of aliphatic carboxylic acids is 2. The van der Waals surface area contributed by atoms with E-state index in [9.17, 15) is 9.59 Å². The van der Waals surface area contributed by atoms with Gasteiger partial charge in [0.2, 0.25) is 0 Å². The van der Waals surface area contributed by atoms with Gasteiger partial charge in [-0.15, -0.1) is 0 Å². The van der Waals surface area contributed by atoms with Crippen LogP contribution in [-0.2, 0) is 23.2 Å². The van der Waals surface area contributed by atoms with E-state index in [1.54, 1.807) is 4.68 Å². The maximum atomic E-state index is 11.2. The fourth-order valence-corrected chi connectivity index (χ4v) is 2.49. The minimum Gasteiger partial charge on any atom is -0.481 e. The number of likely N-dealkylation sites (tertiary alicyclic amines) is 1. The van der Waals surface area contributed by atoms with Crippen LogP contribution in [0.3, 0.4) is 0 Å². The summed E-state index contributed by atoms with van der Waals surface area (Å²) >= 11 is 0. The lowest BCUT2D eigenvalue weighted by Gasteiger charge is -2.34. The molecule has 0 radical (unpaired) electrons. The average molecular weight is 267 g/mol. The molecule has 2 heterocycles. The summed E-state index contributed by atoms with van der Waals surface area (Å²) in [5.74, 6) is -3.71. The Morgan fingerprint density at radius 2 is 2.05 bits per heavy atom. The molecule has 2 N–H and O–H groups in total. The van der Waals surface area contributed by atoms with Crippen LogP contribution in [-0.4, -0.2) is 49.9 Å². The zero-order valence-corrected chi connectivity index (χ0v) is 10.7. The van der Waals surface area contributed by atoms with E-state index in [1.165, 1.54) is 0 Å². The molecule has 19 heavy (non-hydrogen) atoms. The van der Waals surface area contributed by atoms with E-state index < -0.39 is 23.8 Å². The van der Waals surface area contributed by atoms with Crippen LogP contribution in [0.5, 0.6) is 0 Å². The first-order valence-corrected chi connectivity index (χ1v) is 6.14. The van der Waals surface area contributed by atoms with Gasteiger partial charge in [0.15, 0.2) is 0 Å². The number of piperidine rings is 1. The molecule has 2 atom stereocenters. The highest BCUT2D eigenvalue weighted by atomic mass is 16.4. The summed E-state index contributed by atoms with van der Waals surface area (Å²) in [4.78, 5) is 24.1. The smallest absolute Gasteiger partial charge is 0.308 e. The van der Waals surface area contributed by atoms with Crippen molar-refractivity contribution in [3.05, 3.63) is 18.0 Å². The van der Waals surface area contributed by atoms with Crippen LogP contribution in [0.15, 0.2) is 12.3 Å². The van der Waals surface area contributed by atoms with Crippen LogP contribution in [0.25, 0.3) is 0 Å². The minimum absolute atomic E-state index is 0.253. The lowest BCUT2D eigenvalue weighted by molar-refractivity contribution is -0.157. The molecule has 1 saturated heterocycles.